The lowest BCUT2D eigenvalue weighted by atomic mass is 9.83. The van der Waals surface area contributed by atoms with E-state index >= 15 is 0 Å². The summed E-state index contributed by atoms with van der Waals surface area (Å²) in [6, 6.07) is 5.89. The SMILES string of the molecule is CN[C@@H](C)NC(=O)N[C@H]1CCSC2CC(C)(C)[C@@H](C(=O)N[C@@H]3CCOc4ccccc43)N2C1=O. The Morgan fingerprint density at radius 1 is 1.18 bits per heavy atom. The molecule has 5 atom stereocenters. The van der Waals surface area contributed by atoms with Crippen molar-refractivity contribution >= 4 is 29.6 Å². The monoisotopic (exact) mass is 489 g/mol. The molecule has 4 N–H and O–H groups in total. The summed E-state index contributed by atoms with van der Waals surface area (Å²) in [6.07, 6.45) is 1.70. The number of benzene rings is 1. The molecule has 3 heterocycles. The van der Waals surface area contributed by atoms with Crippen molar-refractivity contribution in [2.24, 2.45) is 5.41 Å². The van der Waals surface area contributed by atoms with Gasteiger partial charge in [0.15, 0.2) is 0 Å². The maximum atomic E-state index is 13.7. The van der Waals surface area contributed by atoms with Gasteiger partial charge < -0.3 is 30.9 Å². The molecule has 0 spiro atoms. The number of nitrogens with zero attached hydrogens (tertiary/aromatic N) is 1. The molecule has 0 aromatic heterocycles. The molecule has 1 unspecified atom stereocenters. The van der Waals surface area contributed by atoms with Crippen molar-refractivity contribution in [2.75, 3.05) is 19.4 Å². The summed E-state index contributed by atoms with van der Waals surface area (Å²) in [4.78, 5) is 41.5. The van der Waals surface area contributed by atoms with Gasteiger partial charge in [-0.15, -0.1) is 11.8 Å². The first-order chi connectivity index (χ1) is 16.2. The fourth-order valence-electron chi connectivity index (χ4n) is 5.06. The molecule has 3 aliphatic rings. The van der Waals surface area contributed by atoms with E-state index in [1.165, 1.54) is 0 Å². The topological polar surface area (TPSA) is 112 Å². The molecule has 4 amide bonds. The zero-order valence-corrected chi connectivity index (χ0v) is 21.0. The molecule has 34 heavy (non-hydrogen) atoms. The molecular formula is C24H35N5O4S. The van der Waals surface area contributed by atoms with Crippen LogP contribution in [0.15, 0.2) is 24.3 Å². The Balaban J connectivity index is 1.53. The number of hydrogen-bond acceptors (Lipinski definition) is 6. The standard InChI is InChI=1S/C24H35N5O4S/c1-14(25-4)26-23(32)28-17-10-12-34-19-13-24(2,3)20(29(19)22(17)31)21(30)27-16-9-11-33-18-8-6-5-7-15(16)18/h5-8,14,16-17,19-20,25H,9-13H2,1-4H3,(H,27,30)(H2,26,28,32)/t14-,16-,17+,19?,20-/m1/s1. The van der Waals surface area contributed by atoms with Gasteiger partial charge in [-0.2, -0.15) is 0 Å². The van der Waals surface area contributed by atoms with Crippen LogP contribution in [0.3, 0.4) is 0 Å². The summed E-state index contributed by atoms with van der Waals surface area (Å²) in [5.41, 5.74) is 0.563. The van der Waals surface area contributed by atoms with Crippen molar-refractivity contribution in [3.63, 3.8) is 0 Å². The van der Waals surface area contributed by atoms with Crippen LogP contribution in [0.2, 0.25) is 0 Å². The Hall–Kier alpha value is -2.46. The summed E-state index contributed by atoms with van der Waals surface area (Å²) >= 11 is 1.69. The van der Waals surface area contributed by atoms with Gasteiger partial charge in [0.2, 0.25) is 11.8 Å². The molecule has 2 saturated heterocycles. The van der Waals surface area contributed by atoms with E-state index in [0.29, 0.717) is 19.4 Å². The van der Waals surface area contributed by atoms with E-state index in [-0.39, 0.29) is 29.4 Å². The smallest absolute Gasteiger partial charge is 0.316 e. The van der Waals surface area contributed by atoms with Crippen LogP contribution in [0.4, 0.5) is 4.79 Å². The fraction of sp³-hybridized carbons (Fsp3) is 0.625. The molecule has 186 valence electrons. The number of rotatable bonds is 5. The Morgan fingerprint density at radius 3 is 2.71 bits per heavy atom. The number of para-hydroxylation sites is 1. The summed E-state index contributed by atoms with van der Waals surface area (Å²) in [5, 5.41) is 11.6. The quantitative estimate of drug-likeness (QED) is 0.471. The molecule has 1 aromatic carbocycles. The maximum absolute atomic E-state index is 13.7. The van der Waals surface area contributed by atoms with Gasteiger partial charge in [-0.3, -0.25) is 9.59 Å². The summed E-state index contributed by atoms with van der Waals surface area (Å²) in [7, 11) is 1.75. The molecule has 0 aliphatic carbocycles. The second-order valence-corrected chi connectivity index (χ2v) is 11.2. The van der Waals surface area contributed by atoms with Crippen LogP contribution in [0.25, 0.3) is 0 Å². The van der Waals surface area contributed by atoms with E-state index in [1.54, 1.807) is 23.7 Å². The number of amides is 4. The summed E-state index contributed by atoms with van der Waals surface area (Å²) in [6.45, 7) is 6.43. The molecule has 0 saturated carbocycles. The van der Waals surface area contributed by atoms with E-state index in [0.717, 1.165) is 23.5 Å². The number of carbonyl (C=O) groups excluding carboxylic acids is 3. The number of fused-ring (bicyclic) bond motifs is 2. The van der Waals surface area contributed by atoms with Crippen LogP contribution in [-0.4, -0.2) is 65.8 Å². The highest BCUT2D eigenvalue weighted by Crippen LogP contribution is 2.46. The van der Waals surface area contributed by atoms with Gasteiger partial charge in [-0.1, -0.05) is 32.0 Å². The van der Waals surface area contributed by atoms with Crippen molar-refractivity contribution in [2.45, 2.75) is 69.7 Å². The second kappa shape index (κ2) is 10.0. The van der Waals surface area contributed by atoms with E-state index in [9.17, 15) is 14.4 Å². The Labute approximate surface area is 205 Å². The van der Waals surface area contributed by atoms with E-state index in [4.69, 9.17) is 4.74 Å². The minimum absolute atomic E-state index is 0.0914. The van der Waals surface area contributed by atoms with Crippen molar-refractivity contribution in [1.82, 2.24) is 26.2 Å². The highest BCUT2D eigenvalue weighted by molar-refractivity contribution is 7.99. The zero-order valence-electron chi connectivity index (χ0n) is 20.2. The van der Waals surface area contributed by atoms with E-state index in [1.807, 2.05) is 45.0 Å². The predicted octanol–water partition coefficient (Wildman–Crippen LogP) is 1.95. The maximum Gasteiger partial charge on any atom is 0.316 e. The van der Waals surface area contributed by atoms with Gasteiger partial charge in [0, 0.05) is 12.0 Å². The first-order valence-electron chi connectivity index (χ1n) is 11.9. The highest BCUT2D eigenvalue weighted by atomic mass is 32.2. The van der Waals surface area contributed by atoms with Crippen molar-refractivity contribution in [3.05, 3.63) is 29.8 Å². The normalized spacial score (nSPS) is 28.6. The average Bonchev–Trinajstić information content (AvgIpc) is 2.99. The van der Waals surface area contributed by atoms with Crippen LogP contribution in [0, 0.1) is 5.41 Å². The van der Waals surface area contributed by atoms with E-state index < -0.39 is 23.5 Å². The number of hydrogen-bond donors (Lipinski definition) is 4. The van der Waals surface area contributed by atoms with Crippen molar-refractivity contribution in [3.8, 4) is 5.75 Å². The molecule has 10 heteroatoms. The van der Waals surface area contributed by atoms with Crippen molar-refractivity contribution < 1.29 is 19.1 Å². The van der Waals surface area contributed by atoms with Gasteiger partial charge in [-0.25, -0.2) is 4.79 Å². The molecule has 2 fully saturated rings. The molecule has 0 radical (unpaired) electrons. The molecule has 9 nitrogen and oxygen atoms in total. The third kappa shape index (κ3) is 4.98. The number of urea groups is 1. The lowest BCUT2D eigenvalue weighted by molar-refractivity contribution is -0.142. The van der Waals surface area contributed by atoms with Crippen LogP contribution < -0.4 is 26.0 Å². The van der Waals surface area contributed by atoms with Gasteiger partial charge in [-0.05, 0) is 44.0 Å². The largest absolute Gasteiger partial charge is 0.493 e. The first kappa shape index (κ1) is 24.7. The van der Waals surface area contributed by atoms with Crippen LogP contribution in [0.5, 0.6) is 5.75 Å². The van der Waals surface area contributed by atoms with E-state index in [2.05, 4.69) is 21.3 Å². The van der Waals surface area contributed by atoms with Crippen molar-refractivity contribution in [1.29, 1.82) is 0 Å². The van der Waals surface area contributed by atoms with Gasteiger partial charge >= 0.3 is 6.03 Å². The summed E-state index contributed by atoms with van der Waals surface area (Å²) in [5.74, 6) is 1.17. The zero-order chi connectivity index (χ0) is 24.5. The lowest BCUT2D eigenvalue weighted by Gasteiger charge is -2.36. The first-order valence-corrected chi connectivity index (χ1v) is 13.0. The molecule has 4 rings (SSSR count). The minimum Gasteiger partial charge on any atom is -0.493 e. The molecule has 1 aromatic rings. The second-order valence-electron chi connectivity index (χ2n) is 9.87. The highest BCUT2D eigenvalue weighted by Gasteiger charge is 2.54. The van der Waals surface area contributed by atoms with Crippen LogP contribution in [0.1, 0.15) is 51.6 Å². The molecular weight excluding hydrogens is 454 g/mol. The minimum atomic E-state index is -0.672. The summed E-state index contributed by atoms with van der Waals surface area (Å²) < 4.78 is 5.74. The van der Waals surface area contributed by atoms with Gasteiger partial charge in [0.25, 0.3) is 0 Å². The third-order valence-electron chi connectivity index (χ3n) is 6.91. The predicted molar refractivity (Wildman–Crippen MR) is 131 cm³/mol. The average molecular weight is 490 g/mol. The Bertz CT molecular complexity index is 942. The number of carbonyl (C=O) groups is 3. The number of ether oxygens (including phenoxy) is 1. The third-order valence-corrected chi connectivity index (χ3v) is 8.16. The Morgan fingerprint density at radius 2 is 1.94 bits per heavy atom. The van der Waals surface area contributed by atoms with Gasteiger partial charge in [0.1, 0.15) is 17.8 Å². The number of thioether (sulfide) groups is 1. The van der Waals surface area contributed by atoms with Crippen LogP contribution in [-0.2, 0) is 9.59 Å². The lowest BCUT2D eigenvalue weighted by Crippen LogP contribution is -2.58. The molecule has 3 aliphatic heterocycles. The molecule has 0 bridgehead atoms. The number of nitrogens with one attached hydrogen (secondary N) is 4. The van der Waals surface area contributed by atoms with Crippen LogP contribution >= 0.6 is 11.8 Å². The fourth-order valence-corrected chi connectivity index (χ4v) is 6.64. The Kier molecular flexibility index (Phi) is 7.28. The van der Waals surface area contributed by atoms with Gasteiger partial charge in [0.05, 0.1) is 24.2 Å².